The second-order valence-electron chi connectivity index (χ2n) is 6.91. The number of methoxy groups -OCH3 is 1. The molecule has 0 aliphatic carbocycles. The number of carbonyl (C=O) groups excluding carboxylic acids is 2. The first-order chi connectivity index (χ1) is 14.6. The minimum Gasteiger partial charge on any atom is -0.490 e. The Labute approximate surface area is 174 Å². The van der Waals surface area contributed by atoms with E-state index in [0.717, 1.165) is 11.6 Å². The number of hydrogen-bond donors (Lipinski definition) is 1. The molecule has 1 aliphatic rings. The molecule has 0 bridgehead atoms. The molecule has 0 saturated carbocycles. The average molecular weight is 416 g/mol. The second-order valence-corrected chi connectivity index (χ2v) is 6.91. The number of piperazine rings is 1. The molecule has 1 aliphatic heterocycles. The van der Waals surface area contributed by atoms with Crippen molar-refractivity contribution in [2.45, 2.75) is 19.1 Å². The second kappa shape index (κ2) is 10.6. The van der Waals surface area contributed by atoms with E-state index in [9.17, 15) is 14.0 Å². The molecule has 3 rings (SSSR count). The Balaban J connectivity index is 1.44. The van der Waals surface area contributed by atoms with Crippen LogP contribution in [0, 0.1) is 5.82 Å². The number of ether oxygens (including phenoxy) is 3. The molecule has 1 N–H and O–H groups in total. The zero-order valence-corrected chi connectivity index (χ0v) is 16.8. The summed E-state index contributed by atoms with van der Waals surface area (Å²) < 4.78 is 29.5. The third-order valence-electron chi connectivity index (χ3n) is 4.80. The van der Waals surface area contributed by atoms with Crippen molar-refractivity contribution in [1.29, 1.82) is 0 Å². The van der Waals surface area contributed by atoms with Crippen LogP contribution in [-0.2, 0) is 16.1 Å². The number of amides is 1. The third kappa shape index (κ3) is 5.93. The van der Waals surface area contributed by atoms with Crippen molar-refractivity contribution in [1.82, 2.24) is 10.2 Å². The van der Waals surface area contributed by atoms with Gasteiger partial charge in [0.05, 0.1) is 19.3 Å². The lowest BCUT2D eigenvalue weighted by Crippen LogP contribution is -2.53. The van der Waals surface area contributed by atoms with E-state index in [-0.39, 0.29) is 36.7 Å². The maximum absolute atomic E-state index is 14.1. The van der Waals surface area contributed by atoms with Crippen LogP contribution in [-0.4, -0.2) is 56.4 Å². The summed E-state index contributed by atoms with van der Waals surface area (Å²) in [5.41, 5.74) is 1.06. The molecule has 2 aromatic carbocycles. The number of esters is 1. The lowest BCUT2D eigenvalue weighted by molar-refractivity contribution is 0.0599. The normalized spacial score (nSPS) is 16.1. The Morgan fingerprint density at radius 3 is 2.73 bits per heavy atom. The molecule has 0 spiro atoms. The highest BCUT2D eigenvalue weighted by Crippen LogP contribution is 2.19. The van der Waals surface area contributed by atoms with E-state index in [2.05, 4.69) is 10.1 Å². The Morgan fingerprint density at radius 1 is 1.20 bits per heavy atom. The van der Waals surface area contributed by atoms with E-state index in [1.54, 1.807) is 4.90 Å². The van der Waals surface area contributed by atoms with Crippen molar-refractivity contribution in [3.63, 3.8) is 0 Å². The number of nitrogens with zero attached hydrogens (tertiary/aromatic N) is 1. The van der Waals surface area contributed by atoms with Crippen LogP contribution in [0.4, 0.5) is 9.18 Å². The molecule has 1 saturated heterocycles. The van der Waals surface area contributed by atoms with Crippen LogP contribution in [0.3, 0.4) is 0 Å². The molecule has 1 fully saturated rings. The van der Waals surface area contributed by atoms with Gasteiger partial charge in [0.2, 0.25) is 0 Å². The summed E-state index contributed by atoms with van der Waals surface area (Å²) in [6.07, 6.45) is 0.233. The summed E-state index contributed by atoms with van der Waals surface area (Å²) in [5.74, 6) is -1.16. The van der Waals surface area contributed by atoms with E-state index in [1.807, 2.05) is 30.3 Å². The predicted octanol–water partition coefficient (Wildman–Crippen LogP) is 2.99. The van der Waals surface area contributed by atoms with E-state index < -0.39 is 11.8 Å². The van der Waals surface area contributed by atoms with Crippen molar-refractivity contribution < 1.29 is 28.2 Å². The minimum absolute atomic E-state index is 0.0143. The summed E-state index contributed by atoms with van der Waals surface area (Å²) >= 11 is 0. The van der Waals surface area contributed by atoms with Gasteiger partial charge < -0.3 is 24.4 Å². The first kappa shape index (κ1) is 21.6. The molecule has 1 amide bonds. The molecular formula is C22H25FN2O5. The number of carbonyl (C=O) groups is 2. The Morgan fingerprint density at radius 2 is 2.00 bits per heavy atom. The topological polar surface area (TPSA) is 77.1 Å². The van der Waals surface area contributed by atoms with Crippen molar-refractivity contribution in [3.8, 4) is 5.75 Å². The molecule has 0 unspecified atom stereocenters. The van der Waals surface area contributed by atoms with Crippen molar-refractivity contribution in [2.75, 3.05) is 33.4 Å². The van der Waals surface area contributed by atoms with E-state index in [0.29, 0.717) is 26.1 Å². The van der Waals surface area contributed by atoms with Gasteiger partial charge in [0, 0.05) is 25.7 Å². The first-order valence-electron chi connectivity index (χ1n) is 9.76. The minimum atomic E-state index is -0.624. The fraction of sp³-hybridized carbons (Fsp3) is 0.364. The van der Waals surface area contributed by atoms with Crippen LogP contribution >= 0.6 is 0 Å². The van der Waals surface area contributed by atoms with Gasteiger partial charge >= 0.3 is 12.1 Å². The summed E-state index contributed by atoms with van der Waals surface area (Å²) in [6, 6.07) is 13.5. The molecule has 0 radical (unpaired) electrons. The monoisotopic (exact) mass is 416 g/mol. The van der Waals surface area contributed by atoms with Gasteiger partial charge in [-0.05, 0) is 30.2 Å². The summed E-state index contributed by atoms with van der Waals surface area (Å²) in [5, 5.41) is 3.33. The van der Waals surface area contributed by atoms with Crippen LogP contribution in [0.2, 0.25) is 0 Å². The first-order valence-corrected chi connectivity index (χ1v) is 9.76. The van der Waals surface area contributed by atoms with Crippen molar-refractivity contribution in [2.24, 2.45) is 0 Å². The fourth-order valence-corrected chi connectivity index (χ4v) is 3.17. The van der Waals surface area contributed by atoms with Crippen LogP contribution in [0.15, 0.2) is 48.5 Å². The van der Waals surface area contributed by atoms with Gasteiger partial charge in [-0.25, -0.2) is 14.0 Å². The van der Waals surface area contributed by atoms with Gasteiger partial charge in [0.25, 0.3) is 0 Å². The highest BCUT2D eigenvalue weighted by atomic mass is 19.1. The van der Waals surface area contributed by atoms with E-state index in [1.165, 1.54) is 19.2 Å². The summed E-state index contributed by atoms with van der Waals surface area (Å²) in [6.45, 7) is 2.19. The van der Waals surface area contributed by atoms with Crippen LogP contribution in [0.1, 0.15) is 22.3 Å². The summed E-state index contributed by atoms with van der Waals surface area (Å²) in [4.78, 5) is 25.4. The van der Waals surface area contributed by atoms with E-state index in [4.69, 9.17) is 9.47 Å². The number of hydrogen-bond acceptors (Lipinski definition) is 6. The van der Waals surface area contributed by atoms with Crippen molar-refractivity contribution >= 4 is 12.1 Å². The number of halogens is 1. The van der Waals surface area contributed by atoms with Crippen molar-refractivity contribution in [3.05, 3.63) is 65.5 Å². The molecule has 2 aromatic rings. The van der Waals surface area contributed by atoms with Gasteiger partial charge in [0.1, 0.15) is 6.61 Å². The zero-order valence-electron chi connectivity index (χ0n) is 16.8. The molecular weight excluding hydrogens is 391 g/mol. The lowest BCUT2D eigenvalue weighted by atomic mass is 10.1. The largest absolute Gasteiger partial charge is 0.490 e. The molecule has 7 nitrogen and oxygen atoms in total. The van der Waals surface area contributed by atoms with Gasteiger partial charge in [-0.3, -0.25) is 0 Å². The maximum Gasteiger partial charge on any atom is 0.410 e. The maximum atomic E-state index is 14.1. The highest BCUT2D eigenvalue weighted by Gasteiger charge is 2.24. The van der Waals surface area contributed by atoms with Gasteiger partial charge in [-0.2, -0.15) is 0 Å². The number of nitrogens with one attached hydrogen (secondary N) is 1. The number of benzene rings is 2. The Kier molecular flexibility index (Phi) is 7.62. The van der Waals surface area contributed by atoms with Gasteiger partial charge in [0.15, 0.2) is 11.6 Å². The standard InChI is InChI=1S/C22H25FN2O5/c1-28-21(26)17-7-8-20(19(23)13-17)29-12-9-18-14-25(11-10-24-18)22(27)30-15-16-5-3-2-4-6-16/h2-8,13,18,24H,9-12,14-15H2,1H3/t18-/m1/s1. The molecule has 1 atom stereocenters. The highest BCUT2D eigenvalue weighted by molar-refractivity contribution is 5.89. The zero-order chi connectivity index (χ0) is 21.3. The molecule has 8 heteroatoms. The summed E-state index contributed by atoms with van der Waals surface area (Å²) in [7, 11) is 1.24. The fourth-order valence-electron chi connectivity index (χ4n) is 3.17. The average Bonchev–Trinajstić information content (AvgIpc) is 2.79. The van der Waals surface area contributed by atoms with Gasteiger partial charge in [-0.15, -0.1) is 0 Å². The van der Waals surface area contributed by atoms with Crippen LogP contribution in [0.25, 0.3) is 0 Å². The SMILES string of the molecule is COC(=O)c1ccc(OCC[C@@H]2CN(C(=O)OCc3ccccc3)CCN2)c(F)c1. The molecule has 30 heavy (non-hydrogen) atoms. The van der Waals surface area contributed by atoms with Crippen LogP contribution in [0.5, 0.6) is 5.75 Å². The Hall–Kier alpha value is -3.13. The molecule has 1 heterocycles. The smallest absolute Gasteiger partial charge is 0.410 e. The van der Waals surface area contributed by atoms with E-state index >= 15 is 0 Å². The third-order valence-corrected chi connectivity index (χ3v) is 4.80. The Bertz CT molecular complexity index is 862. The predicted molar refractivity (Wildman–Crippen MR) is 108 cm³/mol. The van der Waals surface area contributed by atoms with Gasteiger partial charge in [-0.1, -0.05) is 30.3 Å². The van der Waals surface area contributed by atoms with Crippen LogP contribution < -0.4 is 10.1 Å². The lowest BCUT2D eigenvalue weighted by Gasteiger charge is -2.33. The molecule has 0 aromatic heterocycles. The quantitative estimate of drug-likeness (QED) is 0.700. The number of rotatable bonds is 7. The molecule has 160 valence electrons.